The van der Waals surface area contributed by atoms with E-state index in [1.807, 2.05) is 0 Å². The fraction of sp³-hybridized carbons (Fsp3) is 0.500. The molecule has 21 heavy (non-hydrogen) atoms. The minimum absolute atomic E-state index is 0.0416. The van der Waals surface area contributed by atoms with Crippen LogP contribution in [0.15, 0.2) is 24.3 Å². The molecule has 2 atom stereocenters. The molecular weight excluding hydrogens is 276 g/mol. The second-order valence-electron chi connectivity index (χ2n) is 5.40. The highest BCUT2D eigenvalue weighted by molar-refractivity contribution is 5.89. The fourth-order valence-corrected chi connectivity index (χ4v) is 2.82. The molecule has 0 radical (unpaired) electrons. The molecule has 2 unspecified atom stereocenters. The third-order valence-electron chi connectivity index (χ3n) is 3.79. The van der Waals surface area contributed by atoms with Crippen LogP contribution in [0.4, 0.5) is 5.69 Å². The van der Waals surface area contributed by atoms with Crippen molar-refractivity contribution in [3.05, 3.63) is 39.9 Å². The van der Waals surface area contributed by atoms with Gasteiger partial charge in [-0.3, -0.25) is 10.1 Å². The summed E-state index contributed by atoms with van der Waals surface area (Å²) in [6.07, 6.45) is 1.33. The van der Waals surface area contributed by atoms with E-state index in [0.717, 1.165) is 12.8 Å². The molecule has 2 aliphatic heterocycles. The van der Waals surface area contributed by atoms with E-state index in [4.69, 9.17) is 9.47 Å². The molecular formula is C14H16N2O5. The van der Waals surface area contributed by atoms with E-state index in [2.05, 4.69) is 5.32 Å². The van der Waals surface area contributed by atoms with Gasteiger partial charge in [-0.25, -0.2) is 4.79 Å². The molecule has 0 aliphatic carbocycles. The summed E-state index contributed by atoms with van der Waals surface area (Å²) in [6, 6.07) is 5.92. The van der Waals surface area contributed by atoms with Gasteiger partial charge in [0.05, 0.1) is 23.7 Å². The molecule has 2 saturated heterocycles. The van der Waals surface area contributed by atoms with Crippen molar-refractivity contribution < 1.29 is 19.2 Å². The van der Waals surface area contributed by atoms with Crippen LogP contribution in [0.2, 0.25) is 0 Å². The van der Waals surface area contributed by atoms with Crippen molar-refractivity contribution in [2.75, 3.05) is 13.2 Å². The van der Waals surface area contributed by atoms with E-state index in [0.29, 0.717) is 18.8 Å². The van der Waals surface area contributed by atoms with E-state index in [-0.39, 0.29) is 23.9 Å². The van der Waals surface area contributed by atoms with Gasteiger partial charge in [0.2, 0.25) is 0 Å². The first-order valence-corrected chi connectivity index (χ1v) is 6.91. The van der Waals surface area contributed by atoms with E-state index in [1.54, 1.807) is 0 Å². The van der Waals surface area contributed by atoms with Crippen LogP contribution in [0.3, 0.4) is 0 Å². The Morgan fingerprint density at radius 2 is 1.86 bits per heavy atom. The quantitative estimate of drug-likeness (QED) is 0.512. The molecule has 1 N–H and O–H groups in total. The number of nitro benzene ring substituents is 1. The molecule has 112 valence electrons. The van der Waals surface area contributed by atoms with Crippen LogP contribution in [-0.4, -0.2) is 42.3 Å². The van der Waals surface area contributed by atoms with Gasteiger partial charge in [-0.05, 0) is 12.1 Å². The Morgan fingerprint density at radius 3 is 2.43 bits per heavy atom. The van der Waals surface area contributed by atoms with Crippen molar-refractivity contribution in [2.45, 2.75) is 31.0 Å². The summed E-state index contributed by atoms with van der Waals surface area (Å²) in [5.74, 6) is -0.434. The summed E-state index contributed by atoms with van der Waals surface area (Å²) < 4.78 is 11.0. The number of fused-ring (bicyclic) bond motifs is 2. The zero-order valence-corrected chi connectivity index (χ0v) is 11.4. The zero-order valence-electron chi connectivity index (χ0n) is 11.4. The lowest BCUT2D eigenvalue weighted by Gasteiger charge is -2.39. The number of non-ortho nitro benzene ring substituents is 1. The smallest absolute Gasteiger partial charge is 0.338 e. The molecule has 1 aromatic carbocycles. The number of piperidine rings is 1. The van der Waals surface area contributed by atoms with Crippen molar-refractivity contribution in [1.82, 2.24) is 5.32 Å². The molecule has 2 aliphatic rings. The van der Waals surface area contributed by atoms with Crippen molar-refractivity contribution in [1.29, 1.82) is 0 Å². The standard InChI is InChI=1S/C14H16N2O5/c17-14(9-1-3-12(4-2-9)16(18)19)21-13-5-10-7-20-8-11(6-13)15-10/h1-4,10-11,13,15H,5-8H2. The second-order valence-corrected chi connectivity index (χ2v) is 5.40. The average molecular weight is 292 g/mol. The largest absolute Gasteiger partial charge is 0.459 e. The topological polar surface area (TPSA) is 90.7 Å². The maximum Gasteiger partial charge on any atom is 0.338 e. The number of hydrogen-bond donors (Lipinski definition) is 1. The van der Waals surface area contributed by atoms with E-state index >= 15 is 0 Å². The first-order chi connectivity index (χ1) is 10.1. The van der Waals surface area contributed by atoms with Gasteiger partial charge < -0.3 is 14.8 Å². The minimum atomic E-state index is -0.497. The maximum absolute atomic E-state index is 12.1. The number of rotatable bonds is 3. The predicted molar refractivity (Wildman–Crippen MR) is 73.1 cm³/mol. The number of hydrogen-bond acceptors (Lipinski definition) is 6. The van der Waals surface area contributed by atoms with Crippen LogP contribution >= 0.6 is 0 Å². The lowest BCUT2D eigenvalue weighted by Crippen LogP contribution is -2.56. The summed E-state index contributed by atoms with van der Waals surface area (Å²) in [6.45, 7) is 1.28. The molecule has 1 aromatic rings. The zero-order chi connectivity index (χ0) is 14.8. The van der Waals surface area contributed by atoms with Gasteiger partial charge in [0.15, 0.2) is 0 Å². The van der Waals surface area contributed by atoms with Crippen LogP contribution in [0.5, 0.6) is 0 Å². The molecule has 2 fully saturated rings. The maximum atomic E-state index is 12.1. The van der Waals surface area contributed by atoms with Gasteiger partial charge in [-0.1, -0.05) is 0 Å². The summed E-state index contributed by atoms with van der Waals surface area (Å²) in [5.41, 5.74) is 0.292. The van der Waals surface area contributed by atoms with Gasteiger partial charge in [0, 0.05) is 37.1 Å². The van der Waals surface area contributed by atoms with Gasteiger partial charge >= 0.3 is 5.97 Å². The van der Waals surface area contributed by atoms with Crippen LogP contribution < -0.4 is 5.32 Å². The Balaban J connectivity index is 1.62. The lowest BCUT2D eigenvalue weighted by molar-refractivity contribution is -0.384. The highest BCUT2D eigenvalue weighted by Crippen LogP contribution is 2.22. The Bertz CT molecular complexity index is 533. The van der Waals surface area contributed by atoms with Gasteiger partial charge in [0.1, 0.15) is 6.10 Å². The summed E-state index contributed by atoms with van der Waals surface area (Å²) in [5, 5.41) is 14.0. The van der Waals surface area contributed by atoms with Crippen LogP contribution in [0.25, 0.3) is 0 Å². The predicted octanol–water partition coefficient (Wildman–Crippen LogP) is 1.27. The number of esters is 1. The third kappa shape index (κ3) is 3.20. The molecule has 2 bridgehead atoms. The van der Waals surface area contributed by atoms with Crippen molar-refractivity contribution in [3.63, 3.8) is 0 Å². The highest BCUT2D eigenvalue weighted by atomic mass is 16.6. The molecule has 7 heteroatoms. The van der Waals surface area contributed by atoms with E-state index < -0.39 is 10.9 Å². The van der Waals surface area contributed by atoms with Crippen molar-refractivity contribution in [2.24, 2.45) is 0 Å². The van der Waals surface area contributed by atoms with Crippen molar-refractivity contribution >= 4 is 11.7 Å². The molecule has 0 aromatic heterocycles. The first kappa shape index (κ1) is 14.0. The molecule has 2 heterocycles. The highest BCUT2D eigenvalue weighted by Gasteiger charge is 2.33. The number of benzene rings is 1. The molecule has 0 amide bonds. The molecule has 0 spiro atoms. The molecule has 7 nitrogen and oxygen atoms in total. The summed E-state index contributed by atoms with van der Waals surface area (Å²) in [7, 11) is 0. The summed E-state index contributed by atoms with van der Waals surface area (Å²) >= 11 is 0. The number of carbonyl (C=O) groups is 1. The van der Waals surface area contributed by atoms with Crippen LogP contribution in [0, 0.1) is 10.1 Å². The minimum Gasteiger partial charge on any atom is -0.459 e. The van der Waals surface area contributed by atoms with Gasteiger partial charge in [0.25, 0.3) is 5.69 Å². The van der Waals surface area contributed by atoms with Crippen LogP contribution in [0.1, 0.15) is 23.2 Å². The van der Waals surface area contributed by atoms with Gasteiger partial charge in [-0.15, -0.1) is 0 Å². The number of ether oxygens (including phenoxy) is 2. The number of nitrogens with one attached hydrogen (secondary N) is 1. The first-order valence-electron chi connectivity index (χ1n) is 6.91. The van der Waals surface area contributed by atoms with Crippen LogP contribution in [-0.2, 0) is 9.47 Å². The van der Waals surface area contributed by atoms with Crippen molar-refractivity contribution in [3.8, 4) is 0 Å². The normalized spacial score (nSPS) is 27.9. The number of nitro groups is 1. The van der Waals surface area contributed by atoms with E-state index in [9.17, 15) is 14.9 Å². The van der Waals surface area contributed by atoms with Gasteiger partial charge in [-0.2, -0.15) is 0 Å². The monoisotopic (exact) mass is 292 g/mol. The number of nitrogens with zero attached hydrogens (tertiary/aromatic N) is 1. The Labute approximate surface area is 121 Å². The SMILES string of the molecule is O=C(OC1CC2COCC(C1)N2)c1ccc([N+](=O)[O-])cc1. The molecule has 3 rings (SSSR count). The average Bonchev–Trinajstić information content (AvgIpc) is 2.47. The lowest BCUT2D eigenvalue weighted by atomic mass is 9.94. The van der Waals surface area contributed by atoms with E-state index in [1.165, 1.54) is 24.3 Å². The Kier molecular flexibility index (Phi) is 3.85. The molecule has 0 saturated carbocycles. The Morgan fingerprint density at radius 1 is 1.24 bits per heavy atom. The summed E-state index contributed by atoms with van der Waals surface area (Å²) in [4.78, 5) is 22.2. The number of morpholine rings is 1. The fourth-order valence-electron chi connectivity index (χ4n) is 2.82. The Hall–Kier alpha value is -1.99. The third-order valence-corrected chi connectivity index (χ3v) is 3.79. The second kappa shape index (κ2) is 5.79. The number of carbonyl (C=O) groups excluding carboxylic acids is 1.